The van der Waals surface area contributed by atoms with Crippen LogP contribution in [0.5, 0.6) is 11.5 Å². The van der Waals surface area contributed by atoms with Gasteiger partial charge in [-0.3, -0.25) is 9.52 Å². The Hall–Kier alpha value is -2.45. The van der Waals surface area contributed by atoms with Gasteiger partial charge in [0.05, 0.1) is 19.1 Å². The first-order valence-electron chi connectivity index (χ1n) is 7.52. The van der Waals surface area contributed by atoms with Gasteiger partial charge in [0.1, 0.15) is 11.5 Å². The van der Waals surface area contributed by atoms with Gasteiger partial charge in [-0.15, -0.1) is 0 Å². The molecular weight excluding hydrogens is 380 g/mol. The molecule has 0 aliphatic rings. The van der Waals surface area contributed by atoms with Crippen LogP contribution in [0.25, 0.3) is 0 Å². The highest BCUT2D eigenvalue weighted by Crippen LogP contribution is 2.28. The molecule has 2 N–H and O–H groups in total. The predicted molar refractivity (Wildman–Crippen MR) is 102 cm³/mol. The van der Waals surface area contributed by atoms with Crippen LogP contribution in [-0.2, 0) is 14.8 Å². The molecule has 0 unspecified atom stereocenters. The van der Waals surface area contributed by atoms with Gasteiger partial charge in [0.2, 0.25) is 10.0 Å². The monoisotopic (exact) mass is 398 g/mol. The number of benzene rings is 2. The van der Waals surface area contributed by atoms with E-state index in [1.54, 1.807) is 30.3 Å². The SMILES string of the molecule is COc1ccc(NC(=O)COc2ccc(Cl)c(C)c2)cc1NS(C)(=O)=O. The number of hydrogen-bond donors (Lipinski definition) is 2. The summed E-state index contributed by atoms with van der Waals surface area (Å²) in [5.74, 6) is 0.464. The van der Waals surface area contributed by atoms with Crippen molar-refractivity contribution < 1.29 is 22.7 Å². The normalized spacial score (nSPS) is 10.9. The van der Waals surface area contributed by atoms with E-state index in [1.807, 2.05) is 6.92 Å². The van der Waals surface area contributed by atoms with Gasteiger partial charge in [-0.25, -0.2) is 8.42 Å². The number of methoxy groups -OCH3 is 1. The number of aryl methyl sites for hydroxylation is 1. The van der Waals surface area contributed by atoms with Crippen LogP contribution in [0.2, 0.25) is 5.02 Å². The third kappa shape index (κ3) is 5.82. The van der Waals surface area contributed by atoms with Crippen molar-refractivity contribution in [2.24, 2.45) is 0 Å². The summed E-state index contributed by atoms with van der Waals surface area (Å²) in [6.45, 7) is 1.63. The predicted octanol–water partition coefficient (Wildman–Crippen LogP) is 3.05. The molecule has 0 aliphatic carbocycles. The average Bonchev–Trinajstić information content (AvgIpc) is 2.55. The molecule has 0 aliphatic heterocycles. The number of halogens is 1. The van der Waals surface area contributed by atoms with Crippen LogP contribution in [0, 0.1) is 6.92 Å². The minimum absolute atomic E-state index is 0.206. The van der Waals surface area contributed by atoms with Crippen LogP contribution < -0.4 is 19.5 Å². The van der Waals surface area contributed by atoms with Crippen LogP contribution >= 0.6 is 11.6 Å². The van der Waals surface area contributed by atoms with E-state index in [4.69, 9.17) is 21.1 Å². The van der Waals surface area contributed by atoms with Crippen molar-refractivity contribution in [3.8, 4) is 11.5 Å². The summed E-state index contributed by atoms with van der Waals surface area (Å²) < 4.78 is 35.7. The Kier molecular flexibility index (Phi) is 6.33. The van der Waals surface area contributed by atoms with Gasteiger partial charge in [-0.05, 0) is 48.9 Å². The number of sulfonamides is 1. The van der Waals surface area contributed by atoms with Crippen LogP contribution in [-0.4, -0.2) is 34.3 Å². The van der Waals surface area contributed by atoms with Gasteiger partial charge in [0, 0.05) is 10.7 Å². The number of anilines is 2. The van der Waals surface area contributed by atoms with Crippen molar-refractivity contribution in [1.29, 1.82) is 0 Å². The van der Waals surface area contributed by atoms with E-state index in [1.165, 1.54) is 13.2 Å². The van der Waals surface area contributed by atoms with Crippen molar-refractivity contribution in [1.82, 2.24) is 0 Å². The molecule has 7 nitrogen and oxygen atoms in total. The molecule has 0 spiro atoms. The number of ether oxygens (including phenoxy) is 2. The zero-order valence-corrected chi connectivity index (χ0v) is 16.1. The topological polar surface area (TPSA) is 93.7 Å². The summed E-state index contributed by atoms with van der Waals surface area (Å²) in [6.07, 6.45) is 1.03. The molecular formula is C17H19ClN2O5S. The fourth-order valence-corrected chi connectivity index (χ4v) is 2.79. The summed E-state index contributed by atoms with van der Waals surface area (Å²) in [5.41, 5.74) is 1.47. The summed E-state index contributed by atoms with van der Waals surface area (Å²) in [4.78, 5) is 12.1. The fraction of sp³-hybridized carbons (Fsp3) is 0.235. The Morgan fingerprint density at radius 1 is 1.19 bits per heavy atom. The molecule has 0 heterocycles. The molecule has 0 bridgehead atoms. The standard InChI is InChI=1S/C17H19ClN2O5S/c1-11-8-13(5-6-14(11)18)25-10-17(21)19-12-4-7-16(24-2)15(9-12)20-26(3,22)23/h4-9,20H,10H2,1-3H3,(H,19,21). The first-order chi connectivity index (χ1) is 12.2. The molecule has 0 fully saturated rings. The highest BCUT2D eigenvalue weighted by atomic mass is 35.5. The molecule has 1 amide bonds. The maximum absolute atomic E-state index is 12.1. The third-order valence-electron chi connectivity index (χ3n) is 3.28. The number of nitrogens with one attached hydrogen (secondary N) is 2. The molecule has 140 valence electrons. The lowest BCUT2D eigenvalue weighted by Crippen LogP contribution is -2.20. The van der Waals surface area contributed by atoms with Gasteiger partial charge < -0.3 is 14.8 Å². The van der Waals surface area contributed by atoms with Gasteiger partial charge in [0.25, 0.3) is 5.91 Å². The molecule has 0 atom stereocenters. The van der Waals surface area contributed by atoms with Crippen LogP contribution in [0.15, 0.2) is 36.4 Å². The number of rotatable bonds is 7. The lowest BCUT2D eigenvalue weighted by molar-refractivity contribution is -0.118. The van der Waals surface area contributed by atoms with Crippen LogP contribution in [0.1, 0.15) is 5.56 Å². The molecule has 0 saturated carbocycles. The van der Waals surface area contributed by atoms with Gasteiger partial charge >= 0.3 is 0 Å². The second kappa shape index (κ2) is 8.29. The summed E-state index contributed by atoms with van der Waals surface area (Å²) >= 11 is 5.94. The molecule has 2 aromatic carbocycles. The van der Waals surface area contributed by atoms with Crippen molar-refractivity contribution in [2.75, 3.05) is 30.0 Å². The molecule has 0 radical (unpaired) electrons. The molecule has 9 heteroatoms. The van der Waals surface area contributed by atoms with E-state index in [0.29, 0.717) is 22.2 Å². The zero-order valence-electron chi connectivity index (χ0n) is 14.5. The minimum Gasteiger partial charge on any atom is -0.495 e. The van der Waals surface area contributed by atoms with E-state index in [-0.39, 0.29) is 12.3 Å². The number of amides is 1. The average molecular weight is 399 g/mol. The van der Waals surface area contributed by atoms with Gasteiger partial charge in [0.15, 0.2) is 6.61 Å². The lowest BCUT2D eigenvalue weighted by atomic mass is 10.2. The number of carbonyl (C=O) groups excluding carboxylic acids is 1. The highest BCUT2D eigenvalue weighted by molar-refractivity contribution is 7.92. The first kappa shape index (κ1) is 19.9. The second-order valence-electron chi connectivity index (χ2n) is 5.54. The molecule has 26 heavy (non-hydrogen) atoms. The lowest BCUT2D eigenvalue weighted by Gasteiger charge is -2.13. The quantitative estimate of drug-likeness (QED) is 0.747. The van der Waals surface area contributed by atoms with E-state index in [9.17, 15) is 13.2 Å². The van der Waals surface area contributed by atoms with E-state index >= 15 is 0 Å². The summed E-state index contributed by atoms with van der Waals surface area (Å²) in [6, 6.07) is 9.70. The molecule has 2 aromatic rings. The number of carbonyl (C=O) groups is 1. The second-order valence-corrected chi connectivity index (χ2v) is 7.69. The largest absolute Gasteiger partial charge is 0.495 e. The van der Waals surface area contributed by atoms with E-state index in [2.05, 4.69) is 10.0 Å². The molecule has 2 rings (SSSR count). The van der Waals surface area contributed by atoms with Gasteiger partial charge in [-0.1, -0.05) is 11.6 Å². The smallest absolute Gasteiger partial charge is 0.262 e. The Morgan fingerprint density at radius 2 is 1.92 bits per heavy atom. The van der Waals surface area contributed by atoms with Crippen LogP contribution in [0.3, 0.4) is 0 Å². The third-order valence-corrected chi connectivity index (χ3v) is 4.29. The summed E-state index contributed by atoms with van der Waals surface area (Å²) in [7, 11) is -2.07. The number of hydrogen-bond acceptors (Lipinski definition) is 5. The highest BCUT2D eigenvalue weighted by Gasteiger charge is 2.11. The zero-order chi connectivity index (χ0) is 19.3. The van der Waals surface area contributed by atoms with E-state index < -0.39 is 15.9 Å². The Bertz CT molecular complexity index is 915. The maximum Gasteiger partial charge on any atom is 0.262 e. The molecule has 0 saturated heterocycles. The van der Waals surface area contributed by atoms with Crippen molar-refractivity contribution in [3.63, 3.8) is 0 Å². The Balaban J connectivity index is 2.03. The van der Waals surface area contributed by atoms with E-state index in [0.717, 1.165) is 11.8 Å². The maximum atomic E-state index is 12.1. The minimum atomic E-state index is -3.49. The van der Waals surface area contributed by atoms with Crippen molar-refractivity contribution >= 4 is 38.9 Å². The molecule has 0 aromatic heterocycles. The Morgan fingerprint density at radius 3 is 2.54 bits per heavy atom. The fourth-order valence-electron chi connectivity index (χ4n) is 2.12. The first-order valence-corrected chi connectivity index (χ1v) is 9.79. The van der Waals surface area contributed by atoms with Crippen molar-refractivity contribution in [2.45, 2.75) is 6.92 Å². The van der Waals surface area contributed by atoms with Crippen molar-refractivity contribution in [3.05, 3.63) is 47.0 Å². The Labute approximate surface area is 157 Å². The summed E-state index contributed by atoms with van der Waals surface area (Å²) in [5, 5.41) is 3.25. The van der Waals surface area contributed by atoms with Gasteiger partial charge in [-0.2, -0.15) is 0 Å². The van der Waals surface area contributed by atoms with Crippen LogP contribution in [0.4, 0.5) is 11.4 Å².